The Kier molecular flexibility index (Phi) is 2.64. The summed E-state index contributed by atoms with van der Waals surface area (Å²) < 4.78 is 2.50. The fourth-order valence-corrected chi connectivity index (χ4v) is 3.79. The van der Waals surface area contributed by atoms with Gasteiger partial charge in [0.25, 0.3) is 0 Å². The van der Waals surface area contributed by atoms with E-state index in [1.807, 2.05) is 0 Å². The van der Waals surface area contributed by atoms with Gasteiger partial charge in [0, 0.05) is 24.5 Å². The Bertz CT molecular complexity index is 452. The van der Waals surface area contributed by atoms with Gasteiger partial charge >= 0.3 is 0 Å². The molecule has 1 aromatic rings. The minimum absolute atomic E-state index is 0.235. The lowest BCUT2D eigenvalue weighted by Gasteiger charge is -2.40. The van der Waals surface area contributed by atoms with Crippen molar-refractivity contribution in [3.63, 3.8) is 0 Å². The first-order valence-corrected chi connectivity index (χ1v) is 7.32. The molecule has 18 heavy (non-hydrogen) atoms. The lowest BCUT2D eigenvalue weighted by atomic mass is 9.70. The molecule has 1 fully saturated rings. The number of rotatable bonds is 2. The number of aromatic nitrogens is 1. The van der Waals surface area contributed by atoms with Gasteiger partial charge in [0.05, 0.1) is 0 Å². The Morgan fingerprint density at radius 3 is 2.67 bits per heavy atom. The van der Waals surface area contributed by atoms with Crippen LogP contribution in [0.4, 0.5) is 0 Å². The van der Waals surface area contributed by atoms with Gasteiger partial charge in [-0.3, -0.25) is 0 Å². The average Bonchev–Trinajstić information content (AvgIpc) is 2.57. The Labute approximate surface area is 111 Å². The predicted molar refractivity (Wildman–Crippen MR) is 75.4 cm³/mol. The molecule has 0 aromatic carbocycles. The topological polar surface area (TPSA) is 30.9 Å². The van der Waals surface area contributed by atoms with Crippen LogP contribution < -0.4 is 5.73 Å². The van der Waals surface area contributed by atoms with Crippen molar-refractivity contribution in [2.45, 2.75) is 65.5 Å². The zero-order valence-corrected chi connectivity index (χ0v) is 12.0. The van der Waals surface area contributed by atoms with E-state index < -0.39 is 0 Å². The molecule has 2 N–H and O–H groups in total. The second-order valence-corrected chi connectivity index (χ2v) is 7.66. The van der Waals surface area contributed by atoms with E-state index in [2.05, 4.69) is 37.6 Å². The first kappa shape index (κ1) is 12.3. The normalized spacial score (nSPS) is 28.6. The van der Waals surface area contributed by atoms with Crippen LogP contribution in [0.1, 0.15) is 63.8 Å². The molecule has 0 spiro atoms. The largest absolute Gasteiger partial charge is 0.351 e. The summed E-state index contributed by atoms with van der Waals surface area (Å²) in [6.45, 7) is 8.30. The van der Waals surface area contributed by atoms with E-state index in [9.17, 15) is 0 Å². The summed E-state index contributed by atoms with van der Waals surface area (Å²) >= 11 is 0. The quantitative estimate of drug-likeness (QED) is 0.848. The highest BCUT2D eigenvalue weighted by molar-refractivity contribution is 5.30. The van der Waals surface area contributed by atoms with Crippen LogP contribution in [-0.2, 0) is 13.0 Å². The van der Waals surface area contributed by atoms with Gasteiger partial charge in [-0.25, -0.2) is 0 Å². The molecule has 0 radical (unpaired) electrons. The number of hydrogen-bond acceptors (Lipinski definition) is 1. The summed E-state index contributed by atoms with van der Waals surface area (Å²) in [5.41, 5.74) is 10.1. The molecule has 0 bridgehead atoms. The van der Waals surface area contributed by atoms with Gasteiger partial charge in [-0.05, 0) is 48.1 Å². The van der Waals surface area contributed by atoms with Crippen molar-refractivity contribution in [2.75, 3.05) is 0 Å². The number of nitrogens with two attached hydrogens (primary N) is 1. The van der Waals surface area contributed by atoms with Crippen molar-refractivity contribution in [3.05, 3.63) is 23.5 Å². The molecule has 1 heterocycles. The zero-order valence-electron chi connectivity index (χ0n) is 12.0. The van der Waals surface area contributed by atoms with Crippen molar-refractivity contribution in [3.8, 4) is 0 Å². The van der Waals surface area contributed by atoms with Crippen molar-refractivity contribution in [1.29, 1.82) is 0 Å². The molecule has 0 amide bonds. The highest BCUT2D eigenvalue weighted by Gasteiger charge is 2.36. The molecule has 1 unspecified atom stereocenters. The van der Waals surface area contributed by atoms with E-state index in [0.29, 0.717) is 10.8 Å². The molecule has 0 saturated heterocycles. The van der Waals surface area contributed by atoms with Crippen LogP contribution in [0.5, 0.6) is 0 Å². The SMILES string of the molecule is CC1(C)Cc2c(ccn2CC2(C)CCC2)C(N)C1. The maximum absolute atomic E-state index is 6.33. The van der Waals surface area contributed by atoms with Gasteiger partial charge in [-0.2, -0.15) is 0 Å². The van der Waals surface area contributed by atoms with Gasteiger partial charge in [0.2, 0.25) is 0 Å². The van der Waals surface area contributed by atoms with Gasteiger partial charge in [-0.15, -0.1) is 0 Å². The minimum atomic E-state index is 0.235. The van der Waals surface area contributed by atoms with E-state index in [1.54, 1.807) is 0 Å². The van der Waals surface area contributed by atoms with Crippen LogP contribution in [0, 0.1) is 10.8 Å². The lowest BCUT2D eigenvalue weighted by molar-refractivity contribution is 0.129. The molecule has 3 rings (SSSR count). The van der Waals surface area contributed by atoms with Gasteiger partial charge in [-0.1, -0.05) is 27.2 Å². The Morgan fingerprint density at radius 2 is 2.06 bits per heavy atom. The van der Waals surface area contributed by atoms with Crippen molar-refractivity contribution >= 4 is 0 Å². The van der Waals surface area contributed by atoms with E-state index >= 15 is 0 Å². The van der Waals surface area contributed by atoms with Crippen molar-refractivity contribution in [2.24, 2.45) is 16.6 Å². The van der Waals surface area contributed by atoms with E-state index in [4.69, 9.17) is 5.73 Å². The Morgan fingerprint density at radius 1 is 1.33 bits per heavy atom. The van der Waals surface area contributed by atoms with E-state index in [-0.39, 0.29) is 6.04 Å². The van der Waals surface area contributed by atoms with Gasteiger partial charge < -0.3 is 10.3 Å². The fraction of sp³-hybridized carbons (Fsp3) is 0.750. The van der Waals surface area contributed by atoms with Crippen LogP contribution in [0.3, 0.4) is 0 Å². The Balaban J connectivity index is 1.89. The third kappa shape index (κ3) is 2.01. The summed E-state index contributed by atoms with van der Waals surface area (Å²) in [7, 11) is 0. The minimum Gasteiger partial charge on any atom is -0.351 e. The van der Waals surface area contributed by atoms with E-state index in [1.165, 1.54) is 43.5 Å². The smallest absolute Gasteiger partial charge is 0.0318 e. The average molecular weight is 246 g/mol. The first-order chi connectivity index (χ1) is 8.39. The number of nitrogens with zero attached hydrogens (tertiary/aromatic N) is 1. The number of hydrogen-bond donors (Lipinski definition) is 1. The predicted octanol–water partition coefficient (Wildman–Crippen LogP) is 3.65. The molecule has 1 aromatic heterocycles. The van der Waals surface area contributed by atoms with Crippen molar-refractivity contribution in [1.82, 2.24) is 4.57 Å². The molecule has 1 saturated carbocycles. The van der Waals surface area contributed by atoms with E-state index in [0.717, 1.165) is 6.42 Å². The molecule has 2 nitrogen and oxygen atoms in total. The molecular weight excluding hydrogens is 220 g/mol. The van der Waals surface area contributed by atoms with Crippen molar-refractivity contribution < 1.29 is 0 Å². The third-order valence-electron chi connectivity index (χ3n) is 5.04. The summed E-state index contributed by atoms with van der Waals surface area (Å²) in [5.74, 6) is 0. The molecule has 1 atom stereocenters. The highest BCUT2D eigenvalue weighted by Crippen LogP contribution is 2.44. The van der Waals surface area contributed by atoms with Gasteiger partial charge in [0.15, 0.2) is 0 Å². The molecule has 0 aliphatic heterocycles. The maximum atomic E-state index is 6.33. The molecule has 100 valence electrons. The third-order valence-corrected chi connectivity index (χ3v) is 5.04. The van der Waals surface area contributed by atoms with Gasteiger partial charge in [0.1, 0.15) is 0 Å². The highest BCUT2D eigenvalue weighted by atomic mass is 15.0. The molecule has 2 aliphatic carbocycles. The van der Waals surface area contributed by atoms with Crippen LogP contribution in [0.2, 0.25) is 0 Å². The fourth-order valence-electron chi connectivity index (χ4n) is 3.79. The standard InChI is InChI=1S/C16H26N2/c1-15(2)9-13(17)12-5-8-18(14(12)10-15)11-16(3)6-4-7-16/h5,8,13H,4,6-7,9-11,17H2,1-3H3. The molecule has 2 heteroatoms. The monoisotopic (exact) mass is 246 g/mol. The Hall–Kier alpha value is -0.760. The van der Waals surface area contributed by atoms with Crippen LogP contribution >= 0.6 is 0 Å². The summed E-state index contributed by atoms with van der Waals surface area (Å²) in [6.07, 6.45) is 8.74. The van der Waals surface area contributed by atoms with Crippen LogP contribution in [0.15, 0.2) is 12.3 Å². The zero-order chi connectivity index (χ0) is 13.0. The second kappa shape index (κ2) is 3.86. The lowest BCUT2D eigenvalue weighted by Crippen LogP contribution is -2.34. The number of fused-ring (bicyclic) bond motifs is 1. The maximum Gasteiger partial charge on any atom is 0.0318 e. The summed E-state index contributed by atoms with van der Waals surface area (Å²) in [5, 5.41) is 0. The molecule has 2 aliphatic rings. The second-order valence-electron chi connectivity index (χ2n) is 7.66. The van der Waals surface area contributed by atoms with Crippen LogP contribution in [-0.4, -0.2) is 4.57 Å². The summed E-state index contributed by atoms with van der Waals surface area (Å²) in [4.78, 5) is 0. The molecular formula is C16H26N2. The summed E-state index contributed by atoms with van der Waals surface area (Å²) in [6, 6.07) is 2.50. The van der Waals surface area contributed by atoms with Crippen LogP contribution in [0.25, 0.3) is 0 Å². The first-order valence-electron chi connectivity index (χ1n) is 7.32.